The summed E-state index contributed by atoms with van der Waals surface area (Å²) in [6, 6.07) is 6.43. The maximum absolute atomic E-state index is 13.2. The Morgan fingerprint density at radius 2 is 2.23 bits per heavy atom. The van der Waals surface area contributed by atoms with Crippen LogP contribution in [0.15, 0.2) is 18.2 Å². The Hall–Kier alpha value is -1.56. The van der Waals surface area contributed by atoms with Gasteiger partial charge in [0.25, 0.3) is 0 Å². The number of hydrogen-bond donors (Lipinski definition) is 1. The molecule has 0 aliphatic rings. The van der Waals surface area contributed by atoms with Crippen LogP contribution in [0, 0.1) is 24.1 Å². The van der Waals surface area contributed by atoms with Gasteiger partial charge in [-0.05, 0) is 25.5 Å². The minimum Gasteiger partial charge on any atom is -0.367 e. The quantitative estimate of drug-likeness (QED) is 0.755. The van der Waals surface area contributed by atoms with Crippen LogP contribution in [0.25, 0.3) is 0 Å². The number of rotatable bonds is 2. The van der Waals surface area contributed by atoms with Crippen LogP contribution in [-0.2, 0) is 0 Å². The zero-order valence-electron chi connectivity index (χ0n) is 7.63. The van der Waals surface area contributed by atoms with E-state index < -0.39 is 0 Å². The fourth-order valence-corrected chi connectivity index (χ4v) is 1.06. The molecule has 1 rings (SSSR count). The van der Waals surface area contributed by atoms with Crippen molar-refractivity contribution in [2.45, 2.75) is 19.9 Å². The molecular weight excluding hydrogens is 167 g/mol. The van der Waals surface area contributed by atoms with E-state index in [0.29, 0.717) is 5.69 Å². The van der Waals surface area contributed by atoms with Crippen molar-refractivity contribution in [3.8, 4) is 6.07 Å². The Balaban J connectivity index is 2.95. The van der Waals surface area contributed by atoms with Crippen molar-refractivity contribution in [2.75, 3.05) is 5.32 Å². The number of hydrogen-bond acceptors (Lipinski definition) is 2. The molecule has 1 aromatic rings. The van der Waals surface area contributed by atoms with E-state index in [2.05, 4.69) is 5.32 Å². The first-order valence-electron chi connectivity index (χ1n) is 4.06. The van der Waals surface area contributed by atoms with Gasteiger partial charge in [-0.1, -0.05) is 12.1 Å². The number of aryl methyl sites for hydroxylation is 1. The van der Waals surface area contributed by atoms with Gasteiger partial charge in [0, 0.05) is 0 Å². The zero-order valence-corrected chi connectivity index (χ0v) is 7.63. The first-order chi connectivity index (χ1) is 6.15. The lowest BCUT2D eigenvalue weighted by Gasteiger charge is -2.11. The monoisotopic (exact) mass is 178 g/mol. The molecule has 0 aromatic heterocycles. The van der Waals surface area contributed by atoms with Crippen LogP contribution >= 0.6 is 0 Å². The lowest BCUT2D eigenvalue weighted by molar-refractivity contribution is 0.628. The molecule has 1 N–H and O–H groups in total. The number of para-hydroxylation sites is 1. The van der Waals surface area contributed by atoms with E-state index in [-0.39, 0.29) is 11.9 Å². The second kappa shape index (κ2) is 3.90. The summed E-state index contributed by atoms with van der Waals surface area (Å²) >= 11 is 0. The summed E-state index contributed by atoms with van der Waals surface area (Å²) in [7, 11) is 0. The summed E-state index contributed by atoms with van der Waals surface area (Å²) in [5.41, 5.74) is 1.22. The Morgan fingerprint density at radius 1 is 1.54 bits per heavy atom. The minimum absolute atomic E-state index is 0.318. The predicted octanol–water partition coefficient (Wildman–Crippen LogP) is 2.46. The van der Waals surface area contributed by atoms with E-state index in [1.807, 2.05) is 6.07 Å². The summed E-state index contributed by atoms with van der Waals surface area (Å²) in [6.07, 6.45) is 0. The number of nitrogens with one attached hydrogen (secondary N) is 1. The van der Waals surface area contributed by atoms with Crippen molar-refractivity contribution in [3.05, 3.63) is 29.6 Å². The van der Waals surface area contributed by atoms with Gasteiger partial charge in [0.05, 0.1) is 11.8 Å². The Labute approximate surface area is 77.0 Å². The van der Waals surface area contributed by atoms with E-state index in [9.17, 15) is 4.39 Å². The van der Waals surface area contributed by atoms with Crippen LogP contribution < -0.4 is 5.32 Å². The van der Waals surface area contributed by atoms with Crippen molar-refractivity contribution in [1.82, 2.24) is 0 Å². The topological polar surface area (TPSA) is 35.8 Å². The molecule has 0 saturated carbocycles. The Morgan fingerprint density at radius 3 is 2.77 bits per heavy atom. The standard InChI is InChI=1S/C10H11FN2/c1-7-4-3-5-9(11)10(7)13-8(2)6-12/h3-5,8,13H,1-2H3. The van der Waals surface area contributed by atoms with Crippen molar-refractivity contribution >= 4 is 5.69 Å². The van der Waals surface area contributed by atoms with Crippen LogP contribution in [0.5, 0.6) is 0 Å². The predicted molar refractivity (Wildman–Crippen MR) is 49.8 cm³/mol. The number of anilines is 1. The smallest absolute Gasteiger partial charge is 0.146 e. The highest BCUT2D eigenvalue weighted by atomic mass is 19.1. The minimum atomic E-state index is -0.379. The van der Waals surface area contributed by atoms with Crippen LogP contribution in [0.3, 0.4) is 0 Å². The number of nitrogens with zero attached hydrogens (tertiary/aromatic N) is 1. The SMILES string of the molecule is Cc1cccc(F)c1NC(C)C#N. The van der Waals surface area contributed by atoms with E-state index in [1.54, 1.807) is 26.0 Å². The molecule has 0 amide bonds. The van der Waals surface area contributed by atoms with E-state index in [4.69, 9.17) is 5.26 Å². The number of nitriles is 1. The highest BCUT2D eigenvalue weighted by molar-refractivity contribution is 5.53. The molecule has 3 heteroatoms. The molecule has 0 radical (unpaired) electrons. The molecule has 0 aliphatic carbocycles. The molecule has 0 bridgehead atoms. The fourth-order valence-electron chi connectivity index (χ4n) is 1.06. The third kappa shape index (κ3) is 2.19. The molecule has 1 atom stereocenters. The third-order valence-electron chi connectivity index (χ3n) is 1.78. The van der Waals surface area contributed by atoms with Crippen molar-refractivity contribution in [1.29, 1.82) is 5.26 Å². The van der Waals surface area contributed by atoms with Crippen molar-refractivity contribution < 1.29 is 4.39 Å². The molecule has 13 heavy (non-hydrogen) atoms. The van der Waals surface area contributed by atoms with Crippen LogP contribution in [-0.4, -0.2) is 6.04 Å². The second-order valence-electron chi connectivity index (χ2n) is 2.93. The maximum atomic E-state index is 13.2. The highest BCUT2D eigenvalue weighted by Gasteiger charge is 2.07. The largest absolute Gasteiger partial charge is 0.367 e. The molecule has 1 unspecified atom stereocenters. The van der Waals surface area contributed by atoms with Gasteiger partial charge in [-0.25, -0.2) is 4.39 Å². The molecule has 1 aromatic carbocycles. The normalized spacial score (nSPS) is 11.8. The van der Waals surface area contributed by atoms with Gasteiger partial charge in [-0.3, -0.25) is 0 Å². The van der Waals surface area contributed by atoms with E-state index in [1.165, 1.54) is 6.07 Å². The van der Waals surface area contributed by atoms with Gasteiger partial charge in [0.1, 0.15) is 11.9 Å². The molecule has 0 saturated heterocycles. The molecule has 0 fully saturated rings. The van der Waals surface area contributed by atoms with Crippen LogP contribution in [0.4, 0.5) is 10.1 Å². The van der Waals surface area contributed by atoms with Crippen LogP contribution in [0.1, 0.15) is 12.5 Å². The van der Waals surface area contributed by atoms with E-state index in [0.717, 1.165) is 5.56 Å². The van der Waals surface area contributed by atoms with Gasteiger partial charge in [0.15, 0.2) is 0 Å². The summed E-state index contributed by atoms with van der Waals surface area (Å²) in [4.78, 5) is 0. The first-order valence-corrected chi connectivity index (χ1v) is 4.06. The Bertz CT molecular complexity index is 321. The summed E-state index contributed by atoms with van der Waals surface area (Å²) in [6.45, 7) is 3.49. The Kier molecular flexibility index (Phi) is 2.86. The lowest BCUT2D eigenvalue weighted by atomic mass is 10.2. The summed E-state index contributed by atoms with van der Waals surface area (Å²) in [5, 5.41) is 11.3. The molecule has 0 spiro atoms. The molecular formula is C10H11FN2. The maximum Gasteiger partial charge on any atom is 0.146 e. The highest BCUT2D eigenvalue weighted by Crippen LogP contribution is 2.19. The van der Waals surface area contributed by atoms with Crippen molar-refractivity contribution in [3.63, 3.8) is 0 Å². The van der Waals surface area contributed by atoms with Gasteiger partial charge in [-0.2, -0.15) is 5.26 Å². The van der Waals surface area contributed by atoms with Gasteiger partial charge in [-0.15, -0.1) is 0 Å². The lowest BCUT2D eigenvalue weighted by Crippen LogP contribution is -2.14. The van der Waals surface area contributed by atoms with Crippen molar-refractivity contribution in [2.24, 2.45) is 0 Å². The molecule has 2 nitrogen and oxygen atoms in total. The summed E-state index contributed by atoms with van der Waals surface area (Å²) in [5.74, 6) is -0.318. The second-order valence-corrected chi connectivity index (χ2v) is 2.93. The van der Waals surface area contributed by atoms with Gasteiger partial charge in [0.2, 0.25) is 0 Å². The van der Waals surface area contributed by atoms with Gasteiger partial charge < -0.3 is 5.32 Å². The third-order valence-corrected chi connectivity index (χ3v) is 1.78. The molecule has 0 heterocycles. The molecule has 0 aliphatic heterocycles. The van der Waals surface area contributed by atoms with Crippen LogP contribution in [0.2, 0.25) is 0 Å². The number of benzene rings is 1. The zero-order chi connectivity index (χ0) is 9.84. The first kappa shape index (κ1) is 9.53. The van der Waals surface area contributed by atoms with E-state index >= 15 is 0 Å². The molecule has 68 valence electrons. The average Bonchev–Trinajstić information content (AvgIpc) is 2.11. The summed E-state index contributed by atoms with van der Waals surface area (Å²) < 4.78 is 13.2. The van der Waals surface area contributed by atoms with Gasteiger partial charge >= 0.3 is 0 Å². The fraction of sp³-hybridized carbons (Fsp3) is 0.300. The number of halogens is 1. The average molecular weight is 178 g/mol.